The van der Waals surface area contributed by atoms with Crippen LogP contribution in [0.15, 0.2) is 30.3 Å². The van der Waals surface area contributed by atoms with Crippen LogP contribution in [0.25, 0.3) is 0 Å². The molecule has 9 heteroatoms. The summed E-state index contributed by atoms with van der Waals surface area (Å²) in [7, 11) is 2.97. The number of carbonyl (C=O) groups is 3. The van der Waals surface area contributed by atoms with E-state index in [1.807, 2.05) is 0 Å². The van der Waals surface area contributed by atoms with Gasteiger partial charge in [-0.05, 0) is 37.1 Å². The summed E-state index contributed by atoms with van der Waals surface area (Å²) in [5.41, 5.74) is 1.10. The number of ketones is 1. The van der Waals surface area contributed by atoms with Gasteiger partial charge >= 0.3 is 0 Å². The summed E-state index contributed by atoms with van der Waals surface area (Å²) >= 11 is 0. The number of benzene rings is 2. The van der Waals surface area contributed by atoms with Gasteiger partial charge in [-0.25, -0.2) is 0 Å². The Labute approximate surface area is 197 Å². The quantitative estimate of drug-likeness (QED) is 0.593. The maximum Gasteiger partial charge on any atom is 0.256 e. The Balaban J connectivity index is 1.46. The van der Waals surface area contributed by atoms with E-state index in [1.54, 1.807) is 35.2 Å². The van der Waals surface area contributed by atoms with Crippen LogP contribution >= 0.6 is 0 Å². The average molecular weight is 469 g/mol. The molecule has 34 heavy (non-hydrogen) atoms. The largest absolute Gasteiger partial charge is 0.493 e. The van der Waals surface area contributed by atoms with E-state index in [9.17, 15) is 14.4 Å². The van der Waals surface area contributed by atoms with Gasteiger partial charge < -0.3 is 29.2 Å². The van der Waals surface area contributed by atoms with Gasteiger partial charge in [0, 0.05) is 37.6 Å². The van der Waals surface area contributed by atoms with Crippen molar-refractivity contribution in [2.75, 3.05) is 45.8 Å². The van der Waals surface area contributed by atoms with Crippen molar-refractivity contribution in [1.82, 2.24) is 4.90 Å². The van der Waals surface area contributed by atoms with E-state index in [4.69, 9.17) is 18.9 Å². The van der Waals surface area contributed by atoms with Crippen molar-refractivity contribution >= 4 is 23.3 Å². The molecule has 0 unspecified atom stereocenters. The van der Waals surface area contributed by atoms with Crippen LogP contribution in [0.3, 0.4) is 0 Å². The number of fused-ring (bicyclic) bond motifs is 1. The zero-order valence-electron chi connectivity index (χ0n) is 19.3. The summed E-state index contributed by atoms with van der Waals surface area (Å²) in [6.45, 7) is 2.24. The molecule has 9 nitrogen and oxygen atoms in total. The van der Waals surface area contributed by atoms with Gasteiger partial charge in [0.1, 0.15) is 13.2 Å². The molecule has 0 bridgehead atoms. The van der Waals surface area contributed by atoms with Crippen molar-refractivity contribution in [3.05, 3.63) is 41.5 Å². The molecule has 0 saturated carbocycles. The lowest BCUT2D eigenvalue weighted by molar-refractivity contribution is -0.116. The maximum absolute atomic E-state index is 13.1. The third-order valence-corrected chi connectivity index (χ3v) is 5.86. The van der Waals surface area contributed by atoms with Crippen LogP contribution in [0.4, 0.5) is 5.69 Å². The number of Topliss-reactive ketones (excluding diaryl/α,β-unsaturated/α-hetero) is 1. The Bertz CT molecular complexity index is 1090. The van der Waals surface area contributed by atoms with Gasteiger partial charge in [-0.3, -0.25) is 14.4 Å². The van der Waals surface area contributed by atoms with Crippen molar-refractivity contribution in [2.24, 2.45) is 0 Å². The Kier molecular flexibility index (Phi) is 7.20. The Hall–Kier alpha value is -3.75. The Morgan fingerprint density at radius 2 is 1.59 bits per heavy atom. The van der Waals surface area contributed by atoms with E-state index in [0.717, 1.165) is 12.8 Å². The third-order valence-electron chi connectivity index (χ3n) is 5.86. The summed E-state index contributed by atoms with van der Waals surface area (Å²) in [4.78, 5) is 40.2. The minimum atomic E-state index is -0.381. The van der Waals surface area contributed by atoms with Crippen molar-refractivity contribution in [2.45, 2.75) is 25.7 Å². The number of nitrogens with one attached hydrogen (secondary N) is 1. The van der Waals surface area contributed by atoms with Crippen molar-refractivity contribution in [3.8, 4) is 23.0 Å². The molecule has 0 radical (unpaired) electrons. The highest BCUT2D eigenvalue weighted by atomic mass is 16.6. The molecule has 2 amide bonds. The van der Waals surface area contributed by atoms with Gasteiger partial charge in [0.05, 0.1) is 25.5 Å². The van der Waals surface area contributed by atoms with Crippen LogP contribution in [0.2, 0.25) is 0 Å². The first-order valence-corrected chi connectivity index (χ1v) is 11.3. The number of nitrogens with zero attached hydrogens (tertiary/aromatic N) is 1. The number of amides is 2. The fraction of sp³-hybridized carbons (Fsp3) is 0.400. The number of hydrogen-bond acceptors (Lipinski definition) is 7. The van der Waals surface area contributed by atoms with Gasteiger partial charge in [0.2, 0.25) is 5.91 Å². The van der Waals surface area contributed by atoms with Gasteiger partial charge in [-0.15, -0.1) is 0 Å². The average Bonchev–Trinajstić information content (AvgIpc) is 3.41. The molecule has 1 fully saturated rings. The topological polar surface area (TPSA) is 103 Å². The van der Waals surface area contributed by atoms with Gasteiger partial charge in [-0.1, -0.05) is 0 Å². The van der Waals surface area contributed by atoms with Crippen molar-refractivity contribution in [1.29, 1.82) is 0 Å². The summed E-state index contributed by atoms with van der Waals surface area (Å²) in [6.07, 6.45) is 1.86. The molecule has 2 aromatic rings. The van der Waals surface area contributed by atoms with Crippen LogP contribution in [-0.2, 0) is 4.79 Å². The highest BCUT2D eigenvalue weighted by molar-refractivity contribution is 6.06. The van der Waals surface area contributed by atoms with Crippen LogP contribution in [0.1, 0.15) is 46.4 Å². The zero-order chi connectivity index (χ0) is 24.1. The first kappa shape index (κ1) is 23.4. The molecule has 1 saturated heterocycles. The lowest BCUT2D eigenvalue weighted by Gasteiger charge is -2.20. The molecule has 2 aliphatic rings. The first-order valence-electron chi connectivity index (χ1n) is 11.3. The Morgan fingerprint density at radius 3 is 2.29 bits per heavy atom. The molecule has 2 aliphatic heterocycles. The summed E-state index contributed by atoms with van der Waals surface area (Å²) in [6, 6.07) is 8.14. The molecule has 2 aromatic carbocycles. The van der Waals surface area contributed by atoms with Gasteiger partial charge in [0.15, 0.2) is 28.8 Å². The summed E-state index contributed by atoms with van der Waals surface area (Å²) in [5, 5.41) is 2.78. The van der Waals surface area contributed by atoms with E-state index in [1.165, 1.54) is 14.2 Å². The standard InChI is InChI=1S/C25H28N2O7/c1-31-21-14-17(25(30)27-9-3-4-10-27)18(15-22(21)32-2)26-24(29)8-6-19(28)16-5-7-20-23(13-16)34-12-11-33-20/h5,7,13-15H,3-4,6,8-12H2,1-2H3,(H,26,29). The predicted octanol–water partition coefficient (Wildman–Crippen LogP) is 3.31. The second-order valence-corrected chi connectivity index (χ2v) is 8.08. The van der Waals surface area contributed by atoms with E-state index in [0.29, 0.717) is 66.1 Å². The lowest BCUT2D eigenvalue weighted by atomic mass is 10.1. The van der Waals surface area contributed by atoms with Crippen LogP contribution in [0, 0.1) is 0 Å². The van der Waals surface area contributed by atoms with Crippen LogP contribution < -0.4 is 24.3 Å². The number of likely N-dealkylation sites (tertiary alicyclic amines) is 1. The fourth-order valence-electron chi connectivity index (χ4n) is 4.05. The van der Waals surface area contributed by atoms with E-state index in [-0.39, 0.29) is 30.4 Å². The lowest BCUT2D eigenvalue weighted by Crippen LogP contribution is -2.29. The molecule has 1 N–H and O–H groups in total. The second-order valence-electron chi connectivity index (χ2n) is 8.08. The minimum absolute atomic E-state index is 0.00811. The van der Waals surface area contributed by atoms with Crippen molar-refractivity contribution < 1.29 is 33.3 Å². The number of carbonyl (C=O) groups excluding carboxylic acids is 3. The highest BCUT2D eigenvalue weighted by Crippen LogP contribution is 2.35. The SMILES string of the molecule is COc1cc(NC(=O)CCC(=O)c2ccc3c(c2)OCCO3)c(C(=O)N2CCCC2)cc1OC. The van der Waals surface area contributed by atoms with Gasteiger partial charge in [-0.2, -0.15) is 0 Å². The second kappa shape index (κ2) is 10.5. The summed E-state index contributed by atoms with van der Waals surface area (Å²) < 4.78 is 21.7. The third kappa shape index (κ3) is 5.08. The molecular formula is C25H28N2O7. The number of rotatable bonds is 8. The molecule has 4 rings (SSSR count). The van der Waals surface area contributed by atoms with E-state index >= 15 is 0 Å². The zero-order valence-corrected chi connectivity index (χ0v) is 19.3. The number of methoxy groups -OCH3 is 2. The molecule has 0 aromatic heterocycles. The van der Waals surface area contributed by atoms with Crippen LogP contribution in [0.5, 0.6) is 23.0 Å². The van der Waals surface area contributed by atoms with Crippen molar-refractivity contribution in [3.63, 3.8) is 0 Å². The highest BCUT2D eigenvalue weighted by Gasteiger charge is 2.25. The number of hydrogen-bond donors (Lipinski definition) is 1. The minimum Gasteiger partial charge on any atom is -0.493 e. The number of ether oxygens (including phenoxy) is 4. The first-order chi connectivity index (χ1) is 16.5. The number of anilines is 1. The maximum atomic E-state index is 13.1. The van der Waals surface area contributed by atoms with Crippen LogP contribution in [-0.4, -0.2) is 63.0 Å². The van der Waals surface area contributed by atoms with E-state index < -0.39 is 0 Å². The normalized spacial score (nSPS) is 14.5. The molecule has 0 atom stereocenters. The summed E-state index contributed by atoms with van der Waals surface area (Å²) in [5.74, 6) is 1.17. The molecule has 2 heterocycles. The monoisotopic (exact) mass is 468 g/mol. The van der Waals surface area contributed by atoms with E-state index in [2.05, 4.69) is 5.32 Å². The molecule has 0 aliphatic carbocycles. The Morgan fingerprint density at radius 1 is 0.912 bits per heavy atom. The fourth-order valence-corrected chi connectivity index (χ4v) is 4.05. The predicted molar refractivity (Wildman–Crippen MR) is 124 cm³/mol. The smallest absolute Gasteiger partial charge is 0.256 e. The van der Waals surface area contributed by atoms with Gasteiger partial charge in [0.25, 0.3) is 5.91 Å². The molecule has 180 valence electrons. The molecule has 0 spiro atoms. The molecular weight excluding hydrogens is 440 g/mol.